The van der Waals surface area contributed by atoms with E-state index in [-0.39, 0.29) is 0 Å². The number of carbonyl (C=O) groups excluding carboxylic acids is 2. The minimum atomic E-state index is -0.458. The van der Waals surface area contributed by atoms with Gasteiger partial charge < -0.3 is 9.47 Å². The molecule has 2 aromatic rings. The highest BCUT2D eigenvalue weighted by Gasteiger charge is 2.17. The van der Waals surface area contributed by atoms with Crippen LogP contribution in [0.25, 0.3) is 0 Å². The molecule has 2 aromatic carbocycles. The molecule has 0 heterocycles. The highest BCUT2D eigenvalue weighted by Crippen LogP contribution is 2.35. The molecular formula is C17H16O4S. The minimum absolute atomic E-state index is 0.358. The van der Waals surface area contributed by atoms with Crippen molar-refractivity contribution in [3.63, 3.8) is 0 Å². The molecule has 114 valence electrons. The Morgan fingerprint density at radius 1 is 1.23 bits per heavy atom. The number of thioether (sulfide) groups is 1. The third-order valence-electron chi connectivity index (χ3n) is 3.01. The number of ether oxygens (including phenoxy) is 2. The van der Waals surface area contributed by atoms with E-state index in [1.165, 1.54) is 7.11 Å². The number of benzene rings is 2. The van der Waals surface area contributed by atoms with Crippen molar-refractivity contribution in [3.05, 3.63) is 59.2 Å². The summed E-state index contributed by atoms with van der Waals surface area (Å²) in [6.45, 7) is 0. The highest BCUT2D eigenvalue weighted by molar-refractivity contribution is 7.97. The van der Waals surface area contributed by atoms with Gasteiger partial charge >= 0.3 is 5.97 Å². The fourth-order valence-corrected chi connectivity index (χ4v) is 2.53. The van der Waals surface area contributed by atoms with Crippen LogP contribution in [0.1, 0.15) is 26.3 Å². The van der Waals surface area contributed by atoms with Crippen LogP contribution in [0.4, 0.5) is 0 Å². The van der Waals surface area contributed by atoms with Crippen LogP contribution >= 0.6 is 11.8 Å². The SMILES string of the molecule is COc1cc(C=O)cc(CSC)c1OC(=O)c1ccccc1. The van der Waals surface area contributed by atoms with E-state index in [2.05, 4.69) is 0 Å². The van der Waals surface area contributed by atoms with Crippen LogP contribution < -0.4 is 9.47 Å². The first kappa shape index (κ1) is 16.1. The Labute approximate surface area is 133 Å². The Morgan fingerprint density at radius 2 is 1.95 bits per heavy atom. The molecule has 0 aliphatic heterocycles. The number of methoxy groups -OCH3 is 1. The average Bonchev–Trinajstić information content (AvgIpc) is 2.57. The van der Waals surface area contributed by atoms with Crippen molar-refractivity contribution in [3.8, 4) is 11.5 Å². The first-order chi connectivity index (χ1) is 10.7. The summed E-state index contributed by atoms with van der Waals surface area (Å²) in [6, 6.07) is 12.0. The van der Waals surface area contributed by atoms with Gasteiger partial charge in [-0.25, -0.2) is 4.79 Å². The molecule has 0 aromatic heterocycles. The van der Waals surface area contributed by atoms with Gasteiger partial charge in [0.1, 0.15) is 6.29 Å². The number of hydrogen-bond acceptors (Lipinski definition) is 5. The predicted molar refractivity (Wildman–Crippen MR) is 87.0 cm³/mol. The van der Waals surface area contributed by atoms with Crippen molar-refractivity contribution in [1.29, 1.82) is 0 Å². The zero-order chi connectivity index (χ0) is 15.9. The number of aldehydes is 1. The highest BCUT2D eigenvalue weighted by atomic mass is 32.2. The first-order valence-corrected chi connectivity index (χ1v) is 8.01. The second-order valence-electron chi connectivity index (χ2n) is 4.52. The molecule has 0 saturated carbocycles. The lowest BCUT2D eigenvalue weighted by molar-refractivity contribution is 0.0728. The van der Waals surface area contributed by atoms with Gasteiger partial charge in [-0.05, 0) is 30.5 Å². The maximum Gasteiger partial charge on any atom is 0.343 e. The van der Waals surface area contributed by atoms with E-state index in [0.29, 0.717) is 28.4 Å². The topological polar surface area (TPSA) is 52.6 Å². The van der Waals surface area contributed by atoms with E-state index in [4.69, 9.17) is 9.47 Å². The van der Waals surface area contributed by atoms with Gasteiger partial charge in [0.2, 0.25) is 0 Å². The summed E-state index contributed by atoms with van der Waals surface area (Å²) in [7, 11) is 1.48. The first-order valence-electron chi connectivity index (χ1n) is 6.61. The van der Waals surface area contributed by atoms with Crippen molar-refractivity contribution in [2.45, 2.75) is 5.75 Å². The van der Waals surface area contributed by atoms with Crippen LogP contribution in [-0.4, -0.2) is 25.6 Å². The Kier molecular flexibility index (Phi) is 5.61. The lowest BCUT2D eigenvalue weighted by Gasteiger charge is -2.14. The Bertz CT molecular complexity index is 668. The molecule has 0 aliphatic rings. The molecule has 0 atom stereocenters. The van der Waals surface area contributed by atoms with Gasteiger partial charge in [0.15, 0.2) is 11.5 Å². The van der Waals surface area contributed by atoms with Gasteiger partial charge in [-0.1, -0.05) is 18.2 Å². The van der Waals surface area contributed by atoms with Crippen LogP contribution in [-0.2, 0) is 5.75 Å². The summed E-state index contributed by atoms with van der Waals surface area (Å²) < 4.78 is 10.8. The molecule has 22 heavy (non-hydrogen) atoms. The standard InChI is InChI=1S/C17H16O4S/c1-20-15-9-12(10-18)8-14(11-22-2)16(15)21-17(19)13-6-4-3-5-7-13/h3-10H,11H2,1-2H3. The summed E-state index contributed by atoms with van der Waals surface area (Å²) in [5.41, 5.74) is 1.69. The maximum atomic E-state index is 12.2. The predicted octanol–water partition coefficient (Wildman–Crippen LogP) is 3.59. The molecule has 2 rings (SSSR count). The van der Waals surface area contributed by atoms with Gasteiger partial charge in [-0.2, -0.15) is 11.8 Å². The van der Waals surface area contributed by atoms with Crippen molar-refractivity contribution in [1.82, 2.24) is 0 Å². The number of esters is 1. The van der Waals surface area contributed by atoms with Crippen LogP contribution in [0, 0.1) is 0 Å². The van der Waals surface area contributed by atoms with Crippen molar-refractivity contribution >= 4 is 24.0 Å². The fraction of sp³-hybridized carbons (Fsp3) is 0.176. The third kappa shape index (κ3) is 3.68. The van der Waals surface area contributed by atoms with Gasteiger partial charge in [0, 0.05) is 16.9 Å². The molecule has 0 saturated heterocycles. The van der Waals surface area contributed by atoms with Crippen LogP contribution in [0.3, 0.4) is 0 Å². The quantitative estimate of drug-likeness (QED) is 0.463. The smallest absolute Gasteiger partial charge is 0.343 e. The fourth-order valence-electron chi connectivity index (χ4n) is 2.01. The van der Waals surface area contributed by atoms with Crippen LogP contribution in [0.15, 0.2) is 42.5 Å². The van der Waals surface area contributed by atoms with Gasteiger partial charge in [0.25, 0.3) is 0 Å². The molecule has 4 nitrogen and oxygen atoms in total. The summed E-state index contributed by atoms with van der Waals surface area (Å²) in [5.74, 6) is 0.879. The van der Waals surface area contributed by atoms with Crippen molar-refractivity contribution < 1.29 is 19.1 Å². The van der Waals surface area contributed by atoms with Crippen LogP contribution in [0.2, 0.25) is 0 Å². The molecule has 0 radical (unpaired) electrons. The number of hydrogen-bond donors (Lipinski definition) is 0. The van der Waals surface area contributed by atoms with E-state index in [1.54, 1.807) is 48.2 Å². The molecule has 0 N–H and O–H groups in total. The van der Waals surface area contributed by atoms with Gasteiger partial charge in [0.05, 0.1) is 12.7 Å². The van der Waals surface area contributed by atoms with E-state index >= 15 is 0 Å². The summed E-state index contributed by atoms with van der Waals surface area (Å²) in [4.78, 5) is 23.3. The number of carbonyl (C=O) groups is 2. The molecule has 0 spiro atoms. The molecular weight excluding hydrogens is 300 g/mol. The zero-order valence-electron chi connectivity index (χ0n) is 12.4. The third-order valence-corrected chi connectivity index (χ3v) is 3.61. The second kappa shape index (κ2) is 7.66. The average molecular weight is 316 g/mol. The van der Waals surface area contributed by atoms with E-state index in [0.717, 1.165) is 11.8 Å². The summed E-state index contributed by atoms with van der Waals surface area (Å²) in [6.07, 6.45) is 2.68. The van der Waals surface area contributed by atoms with Crippen molar-refractivity contribution in [2.75, 3.05) is 13.4 Å². The molecule has 0 bridgehead atoms. The Balaban J connectivity index is 2.40. The van der Waals surface area contributed by atoms with Crippen LogP contribution in [0.5, 0.6) is 11.5 Å². The molecule has 0 amide bonds. The normalized spacial score (nSPS) is 10.1. The lowest BCUT2D eigenvalue weighted by Crippen LogP contribution is -2.11. The Morgan fingerprint density at radius 3 is 2.55 bits per heavy atom. The van der Waals surface area contributed by atoms with E-state index in [1.807, 2.05) is 12.3 Å². The number of rotatable bonds is 6. The summed E-state index contributed by atoms with van der Waals surface area (Å²) in [5, 5.41) is 0. The van der Waals surface area contributed by atoms with Crippen molar-refractivity contribution in [2.24, 2.45) is 0 Å². The minimum Gasteiger partial charge on any atom is -0.493 e. The lowest BCUT2D eigenvalue weighted by atomic mass is 10.1. The summed E-state index contributed by atoms with van der Waals surface area (Å²) >= 11 is 1.57. The molecule has 5 heteroatoms. The second-order valence-corrected chi connectivity index (χ2v) is 5.38. The largest absolute Gasteiger partial charge is 0.493 e. The van der Waals surface area contributed by atoms with Gasteiger partial charge in [-0.15, -0.1) is 0 Å². The zero-order valence-corrected chi connectivity index (χ0v) is 13.2. The Hall–Kier alpha value is -2.27. The molecule has 0 aliphatic carbocycles. The maximum absolute atomic E-state index is 12.2. The monoisotopic (exact) mass is 316 g/mol. The van der Waals surface area contributed by atoms with Gasteiger partial charge in [-0.3, -0.25) is 4.79 Å². The van der Waals surface area contributed by atoms with E-state index in [9.17, 15) is 9.59 Å². The van der Waals surface area contributed by atoms with E-state index < -0.39 is 5.97 Å². The molecule has 0 unspecified atom stereocenters. The molecule has 0 fully saturated rings.